The standard InChI is InChI=1S/C16H18Cl2N4O/c1-3-4-5-19-16-20-10(2)6-14(22-16)15(23)21-13-8-11(17)7-12(18)9-13/h6-9H,3-5H2,1-2H3,(H,21,23)(H,19,20,22). The van der Waals surface area contributed by atoms with Crippen molar-refractivity contribution in [2.45, 2.75) is 26.7 Å². The smallest absolute Gasteiger partial charge is 0.274 e. The Morgan fingerprint density at radius 1 is 1.13 bits per heavy atom. The van der Waals surface area contributed by atoms with E-state index in [1.54, 1.807) is 24.3 Å². The van der Waals surface area contributed by atoms with Crippen molar-refractivity contribution in [2.24, 2.45) is 0 Å². The number of hydrogen-bond acceptors (Lipinski definition) is 4. The lowest BCUT2D eigenvalue weighted by molar-refractivity contribution is 0.102. The normalized spacial score (nSPS) is 10.4. The summed E-state index contributed by atoms with van der Waals surface area (Å²) in [4.78, 5) is 20.9. The summed E-state index contributed by atoms with van der Waals surface area (Å²) in [5.41, 5.74) is 1.52. The molecule has 0 bridgehead atoms. The van der Waals surface area contributed by atoms with E-state index in [0.29, 0.717) is 27.4 Å². The molecular weight excluding hydrogens is 335 g/mol. The lowest BCUT2D eigenvalue weighted by Gasteiger charge is -2.09. The number of hydrogen-bond donors (Lipinski definition) is 2. The molecule has 2 aromatic rings. The van der Waals surface area contributed by atoms with Crippen molar-refractivity contribution in [1.82, 2.24) is 9.97 Å². The van der Waals surface area contributed by atoms with Gasteiger partial charge in [0.25, 0.3) is 5.91 Å². The largest absolute Gasteiger partial charge is 0.354 e. The molecule has 0 saturated carbocycles. The van der Waals surface area contributed by atoms with Crippen molar-refractivity contribution in [3.63, 3.8) is 0 Å². The molecule has 1 amide bonds. The van der Waals surface area contributed by atoms with Gasteiger partial charge in [0, 0.05) is 28.0 Å². The second kappa shape index (κ2) is 8.13. The van der Waals surface area contributed by atoms with Crippen LogP contribution in [0.4, 0.5) is 11.6 Å². The van der Waals surface area contributed by atoms with Gasteiger partial charge >= 0.3 is 0 Å². The number of rotatable bonds is 6. The third kappa shape index (κ3) is 5.37. The summed E-state index contributed by atoms with van der Waals surface area (Å²) in [6.45, 7) is 4.69. The Bertz CT molecular complexity index is 686. The molecule has 23 heavy (non-hydrogen) atoms. The summed E-state index contributed by atoms with van der Waals surface area (Å²) in [6, 6.07) is 6.48. The second-order valence-electron chi connectivity index (χ2n) is 5.11. The molecule has 0 atom stereocenters. The SMILES string of the molecule is CCCCNc1nc(C)cc(C(=O)Nc2cc(Cl)cc(Cl)c2)n1. The summed E-state index contributed by atoms with van der Waals surface area (Å²) in [6.07, 6.45) is 2.08. The molecule has 0 unspecified atom stereocenters. The van der Waals surface area contributed by atoms with Gasteiger partial charge in [-0.1, -0.05) is 36.5 Å². The Labute approximate surface area is 145 Å². The minimum atomic E-state index is -0.340. The minimum Gasteiger partial charge on any atom is -0.354 e. The molecule has 7 heteroatoms. The molecular formula is C16H18Cl2N4O. The molecule has 1 heterocycles. The number of nitrogens with one attached hydrogen (secondary N) is 2. The molecule has 0 aliphatic rings. The Balaban J connectivity index is 2.14. The topological polar surface area (TPSA) is 66.9 Å². The van der Waals surface area contributed by atoms with Crippen LogP contribution in [0.3, 0.4) is 0 Å². The van der Waals surface area contributed by atoms with Crippen LogP contribution in [0.5, 0.6) is 0 Å². The monoisotopic (exact) mass is 352 g/mol. The number of aryl methyl sites for hydroxylation is 1. The highest BCUT2D eigenvalue weighted by Gasteiger charge is 2.11. The number of halogens is 2. The highest BCUT2D eigenvalue weighted by atomic mass is 35.5. The van der Waals surface area contributed by atoms with Gasteiger partial charge in [-0.25, -0.2) is 9.97 Å². The molecule has 122 valence electrons. The summed E-state index contributed by atoms with van der Waals surface area (Å²) in [5, 5.41) is 6.76. The van der Waals surface area contributed by atoms with Crippen molar-refractivity contribution in [3.05, 3.63) is 45.7 Å². The van der Waals surface area contributed by atoms with Crippen LogP contribution in [0, 0.1) is 6.92 Å². The average molecular weight is 353 g/mol. The van der Waals surface area contributed by atoms with Crippen LogP contribution in [-0.4, -0.2) is 22.4 Å². The molecule has 2 N–H and O–H groups in total. The van der Waals surface area contributed by atoms with Crippen LogP contribution in [-0.2, 0) is 0 Å². The van der Waals surface area contributed by atoms with Crippen LogP contribution in [0.15, 0.2) is 24.3 Å². The number of carbonyl (C=O) groups excluding carboxylic acids is 1. The molecule has 1 aromatic carbocycles. The van der Waals surface area contributed by atoms with Crippen LogP contribution < -0.4 is 10.6 Å². The Hall–Kier alpha value is -1.85. The summed E-state index contributed by atoms with van der Waals surface area (Å²) in [5.74, 6) is 0.111. The van der Waals surface area contributed by atoms with Gasteiger partial charge in [0.2, 0.25) is 5.95 Å². The van der Waals surface area contributed by atoms with E-state index < -0.39 is 0 Å². The fourth-order valence-corrected chi connectivity index (χ4v) is 2.49. The van der Waals surface area contributed by atoms with Crippen LogP contribution >= 0.6 is 23.2 Å². The molecule has 5 nitrogen and oxygen atoms in total. The molecule has 1 aromatic heterocycles. The predicted molar refractivity (Wildman–Crippen MR) is 94.6 cm³/mol. The fourth-order valence-electron chi connectivity index (χ4n) is 1.96. The van der Waals surface area contributed by atoms with E-state index >= 15 is 0 Å². The Kier molecular flexibility index (Phi) is 6.19. The number of aromatic nitrogens is 2. The van der Waals surface area contributed by atoms with E-state index in [-0.39, 0.29) is 11.6 Å². The zero-order valence-corrected chi connectivity index (χ0v) is 14.5. The lowest BCUT2D eigenvalue weighted by Crippen LogP contribution is -2.16. The number of anilines is 2. The molecule has 0 radical (unpaired) electrons. The van der Waals surface area contributed by atoms with Crippen molar-refractivity contribution in [2.75, 3.05) is 17.2 Å². The third-order valence-corrected chi connectivity index (χ3v) is 3.46. The highest BCUT2D eigenvalue weighted by molar-refractivity contribution is 6.35. The van der Waals surface area contributed by atoms with Gasteiger partial charge in [-0.05, 0) is 37.6 Å². The average Bonchev–Trinajstić information content (AvgIpc) is 2.46. The molecule has 0 spiro atoms. The Morgan fingerprint density at radius 2 is 1.83 bits per heavy atom. The zero-order valence-electron chi connectivity index (χ0n) is 13.0. The first-order valence-electron chi connectivity index (χ1n) is 7.35. The van der Waals surface area contributed by atoms with Crippen molar-refractivity contribution in [1.29, 1.82) is 0 Å². The number of amides is 1. The van der Waals surface area contributed by atoms with E-state index in [9.17, 15) is 4.79 Å². The zero-order chi connectivity index (χ0) is 16.8. The van der Waals surface area contributed by atoms with Gasteiger partial charge in [-0.2, -0.15) is 0 Å². The van der Waals surface area contributed by atoms with Gasteiger partial charge in [-0.3, -0.25) is 4.79 Å². The maximum atomic E-state index is 12.4. The lowest BCUT2D eigenvalue weighted by atomic mass is 10.3. The first kappa shape index (κ1) is 17.5. The minimum absolute atomic E-state index is 0.285. The maximum absolute atomic E-state index is 12.4. The molecule has 0 fully saturated rings. The molecule has 0 saturated heterocycles. The first-order chi connectivity index (χ1) is 11.0. The van der Waals surface area contributed by atoms with Crippen molar-refractivity contribution >= 4 is 40.7 Å². The van der Waals surface area contributed by atoms with Crippen molar-refractivity contribution in [3.8, 4) is 0 Å². The van der Waals surface area contributed by atoms with E-state index in [1.165, 1.54) is 0 Å². The molecule has 0 aliphatic heterocycles. The Morgan fingerprint density at radius 3 is 2.48 bits per heavy atom. The fraction of sp³-hybridized carbons (Fsp3) is 0.312. The van der Waals surface area contributed by atoms with Crippen molar-refractivity contribution < 1.29 is 4.79 Å². The van der Waals surface area contributed by atoms with Gasteiger partial charge in [0.05, 0.1) is 0 Å². The van der Waals surface area contributed by atoms with Gasteiger partial charge < -0.3 is 10.6 Å². The second-order valence-corrected chi connectivity index (χ2v) is 5.98. The molecule has 0 aliphatic carbocycles. The summed E-state index contributed by atoms with van der Waals surface area (Å²) in [7, 11) is 0. The highest BCUT2D eigenvalue weighted by Crippen LogP contribution is 2.22. The third-order valence-electron chi connectivity index (χ3n) is 3.02. The van der Waals surface area contributed by atoms with Gasteiger partial charge in [0.15, 0.2) is 0 Å². The number of carbonyl (C=O) groups is 1. The summed E-state index contributed by atoms with van der Waals surface area (Å²) >= 11 is 11.9. The van der Waals surface area contributed by atoms with E-state index in [4.69, 9.17) is 23.2 Å². The van der Waals surface area contributed by atoms with E-state index in [0.717, 1.165) is 19.4 Å². The van der Waals surface area contributed by atoms with Crippen LogP contribution in [0.1, 0.15) is 35.9 Å². The number of nitrogens with zero attached hydrogens (tertiary/aromatic N) is 2. The van der Waals surface area contributed by atoms with Crippen LogP contribution in [0.25, 0.3) is 0 Å². The van der Waals surface area contributed by atoms with Gasteiger partial charge in [-0.15, -0.1) is 0 Å². The quantitative estimate of drug-likeness (QED) is 0.748. The van der Waals surface area contributed by atoms with Gasteiger partial charge in [0.1, 0.15) is 5.69 Å². The summed E-state index contributed by atoms with van der Waals surface area (Å²) < 4.78 is 0. The van der Waals surface area contributed by atoms with E-state index in [2.05, 4.69) is 27.5 Å². The number of unbranched alkanes of at least 4 members (excludes halogenated alkanes) is 1. The van der Waals surface area contributed by atoms with E-state index in [1.807, 2.05) is 6.92 Å². The number of benzene rings is 1. The maximum Gasteiger partial charge on any atom is 0.274 e. The molecule has 2 rings (SSSR count). The predicted octanol–water partition coefficient (Wildman–Crippen LogP) is 4.56. The van der Waals surface area contributed by atoms with Crippen LogP contribution in [0.2, 0.25) is 10.0 Å². The first-order valence-corrected chi connectivity index (χ1v) is 8.10.